The van der Waals surface area contributed by atoms with Crippen LogP contribution in [0, 0.1) is 0 Å². The smallest absolute Gasteiger partial charge is 0.360 e. The zero-order chi connectivity index (χ0) is 32.1. The molecule has 43 heavy (non-hydrogen) atoms. The van der Waals surface area contributed by atoms with Crippen molar-refractivity contribution in [2.45, 2.75) is 0 Å². The molecule has 2 heterocycles. The second-order valence-corrected chi connectivity index (χ2v) is 9.26. The number of rotatable bonds is 5. The summed E-state index contributed by atoms with van der Waals surface area (Å²) in [7, 11) is 2.38. The van der Waals surface area contributed by atoms with Crippen LogP contribution in [0.4, 0.5) is 11.6 Å². The number of carbonyl (C=O) groups is 4. The molecule has 17 heteroatoms. The quantitative estimate of drug-likeness (QED) is 0.185. The molecular formula is C26H19Cl5N6O6. The summed E-state index contributed by atoms with van der Waals surface area (Å²) < 4.78 is 8.95. The lowest BCUT2D eigenvalue weighted by Gasteiger charge is -2.09. The van der Waals surface area contributed by atoms with Crippen LogP contribution in [-0.2, 0) is 9.47 Å². The summed E-state index contributed by atoms with van der Waals surface area (Å²) in [6.45, 7) is 0. The van der Waals surface area contributed by atoms with Gasteiger partial charge in [-0.3, -0.25) is 9.59 Å². The highest BCUT2D eigenvalue weighted by Gasteiger charge is 2.21. The molecule has 3 N–H and O–H groups in total. The second kappa shape index (κ2) is 17.1. The van der Waals surface area contributed by atoms with E-state index in [1.54, 1.807) is 54.6 Å². The Morgan fingerprint density at radius 3 is 1.53 bits per heavy atom. The number of anilines is 2. The van der Waals surface area contributed by atoms with Gasteiger partial charge in [0.05, 0.1) is 14.2 Å². The van der Waals surface area contributed by atoms with Gasteiger partial charge in [-0.1, -0.05) is 94.9 Å². The van der Waals surface area contributed by atoms with Crippen molar-refractivity contribution in [1.82, 2.24) is 19.9 Å². The van der Waals surface area contributed by atoms with Crippen LogP contribution >= 0.6 is 58.0 Å². The first kappa shape index (κ1) is 35.1. The number of halogens is 5. The van der Waals surface area contributed by atoms with Gasteiger partial charge in [-0.05, 0) is 23.7 Å². The van der Waals surface area contributed by atoms with Gasteiger partial charge in [-0.25, -0.2) is 29.5 Å². The number of ether oxygens (including phenoxy) is 2. The van der Waals surface area contributed by atoms with Gasteiger partial charge in [0.25, 0.3) is 11.1 Å². The third kappa shape index (κ3) is 10.6. The second-order valence-electron chi connectivity index (χ2n) is 7.48. The summed E-state index contributed by atoms with van der Waals surface area (Å²) in [4.78, 5) is 59.9. The van der Waals surface area contributed by atoms with Gasteiger partial charge in [0, 0.05) is 11.1 Å². The fourth-order valence-electron chi connectivity index (χ4n) is 2.71. The number of amides is 1. The Morgan fingerprint density at radius 1 is 0.651 bits per heavy atom. The molecule has 1 amide bonds. The molecular weight excluding hydrogens is 670 g/mol. The third-order valence-corrected chi connectivity index (χ3v) is 6.15. The van der Waals surface area contributed by atoms with Crippen molar-refractivity contribution in [3.63, 3.8) is 0 Å². The van der Waals surface area contributed by atoms with E-state index in [0.717, 1.165) is 0 Å². The van der Waals surface area contributed by atoms with Crippen LogP contribution in [0.3, 0.4) is 0 Å². The molecule has 0 aliphatic carbocycles. The Bertz CT molecular complexity index is 1610. The molecule has 2 aromatic carbocycles. The van der Waals surface area contributed by atoms with Crippen molar-refractivity contribution in [2.24, 2.45) is 0 Å². The summed E-state index contributed by atoms with van der Waals surface area (Å²) >= 11 is 27.6. The highest BCUT2D eigenvalue weighted by atomic mass is 35.5. The SMILES string of the molecule is COC(=O)c1nc(Cl)c(Cl)nc1N.COC(=O)c1nc(Cl)c(Cl)nc1NC(=O)c1ccccc1.O=C(Cl)c1ccccc1. The standard InChI is InChI=1S/C13H9Cl2N3O3.C7H5ClO.C6H5Cl2N3O2/c1-21-13(20)8-11(17-10(15)9(14)16-8)18-12(19)7-5-3-2-4-6-7;8-7(9)6-4-2-1-3-5-6;1-13-6(12)2-5(9)11-4(8)3(7)10-2/h2-6H,1H3,(H,17,18,19);1-5H;1H3,(H2,9,11). The molecule has 0 atom stereocenters. The van der Waals surface area contributed by atoms with Gasteiger partial charge in [0.1, 0.15) is 0 Å². The Labute approximate surface area is 269 Å². The van der Waals surface area contributed by atoms with E-state index in [-0.39, 0.29) is 43.6 Å². The van der Waals surface area contributed by atoms with Crippen molar-refractivity contribution in [3.8, 4) is 0 Å². The lowest BCUT2D eigenvalue weighted by molar-refractivity contribution is 0.0586. The zero-order valence-corrected chi connectivity index (χ0v) is 25.8. The van der Waals surface area contributed by atoms with Crippen molar-refractivity contribution in [3.05, 3.63) is 104 Å². The molecule has 224 valence electrons. The number of benzene rings is 2. The molecule has 0 aliphatic heterocycles. The van der Waals surface area contributed by atoms with Gasteiger partial charge in [-0.2, -0.15) is 0 Å². The van der Waals surface area contributed by atoms with Crippen LogP contribution in [0.2, 0.25) is 20.6 Å². The summed E-state index contributed by atoms with van der Waals surface area (Å²) in [6.07, 6.45) is 0. The van der Waals surface area contributed by atoms with Crippen LogP contribution in [0.1, 0.15) is 41.7 Å². The van der Waals surface area contributed by atoms with E-state index in [9.17, 15) is 19.2 Å². The molecule has 0 spiro atoms. The van der Waals surface area contributed by atoms with E-state index in [0.29, 0.717) is 11.1 Å². The van der Waals surface area contributed by atoms with Crippen LogP contribution in [0.5, 0.6) is 0 Å². The molecule has 4 aromatic rings. The minimum atomic E-state index is -0.788. The Morgan fingerprint density at radius 2 is 1.07 bits per heavy atom. The number of hydrogen-bond acceptors (Lipinski definition) is 11. The number of methoxy groups -OCH3 is 2. The molecule has 12 nitrogen and oxygen atoms in total. The van der Waals surface area contributed by atoms with Crippen LogP contribution < -0.4 is 11.1 Å². The number of nitrogens with two attached hydrogens (primary N) is 1. The third-order valence-electron chi connectivity index (χ3n) is 4.68. The van der Waals surface area contributed by atoms with Crippen LogP contribution in [0.25, 0.3) is 0 Å². The van der Waals surface area contributed by atoms with Gasteiger partial charge in [-0.15, -0.1) is 0 Å². The van der Waals surface area contributed by atoms with E-state index in [1.807, 2.05) is 6.07 Å². The van der Waals surface area contributed by atoms with E-state index in [4.69, 9.17) is 63.7 Å². The Hall–Kier alpha value is -4.07. The lowest BCUT2D eigenvalue weighted by Crippen LogP contribution is -2.18. The highest BCUT2D eigenvalue weighted by molar-refractivity contribution is 6.67. The number of carbonyl (C=O) groups excluding carboxylic acids is 4. The summed E-state index contributed by atoms with van der Waals surface area (Å²) in [6, 6.07) is 17.1. The number of nitrogens with zero attached hydrogens (tertiary/aromatic N) is 4. The van der Waals surface area contributed by atoms with E-state index < -0.39 is 23.1 Å². The molecule has 0 fully saturated rings. The molecule has 0 radical (unpaired) electrons. The number of hydrogen-bond donors (Lipinski definition) is 2. The van der Waals surface area contributed by atoms with Crippen molar-refractivity contribution >= 4 is 92.7 Å². The number of nitrogen functional groups attached to an aromatic ring is 1. The number of nitrogens with one attached hydrogen (secondary N) is 1. The minimum absolute atomic E-state index is 0.0492. The predicted molar refractivity (Wildman–Crippen MR) is 162 cm³/mol. The fraction of sp³-hybridized carbons (Fsp3) is 0.0769. The first-order valence-electron chi connectivity index (χ1n) is 11.4. The van der Waals surface area contributed by atoms with Gasteiger partial charge < -0.3 is 20.5 Å². The van der Waals surface area contributed by atoms with Gasteiger partial charge in [0.2, 0.25) is 0 Å². The largest absolute Gasteiger partial charge is 0.464 e. The zero-order valence-electron chi connectivity index (χ0n) is 22.0. The lowest BCUT2D eigenvalue weighted by atomic mass is 10.2. The fourth-order valence-corrected chi connectivity index (χ4v) is 3.35. The molecule has 0 bridgehead atoms. The first-order valence-corrected chi connectivity index (χ1v) is 13.3. The average molecular weight is 689 g/mol. The topological polar surface area (TPSA) is 176 Å². The molecule has 0 aliphatic rings. The monoisotopic (exact) mass is 686 g/mol. The maximum atomic E-state index is 12.1. The molecule has 0 unspecified atom stereocenters. The Kier molecular flexibility index (Phi) is 14.0. The highest BCUT2D eigenvalue weighted by Crippen LogP contribution is 2.23. The molecule has 2 aromatic heterocycles. The maximum absolute atomic E-state index is 12.1. The first-order chi connectivity index (χ1) is 20.4. The van der Waals surface area contributed by atoms with Gasteiger partial charge in [0.15, 0.2) is 43.6 Å². The molecule has 4 rings (SSSR count). The van der Waals surface area contributed by atoms with Crippen molar-refractivity contribution < 1.29 is 28.7 Å². The number of aromatic nitrogens is 4. The van der Waals surface area contributed by atoms with Crippen molar-refractivity contribution in [2.75, 3.05) is 25.3 Å². The molecule has 0 saturated heterocycles. The minimum Gasteiger partial charge on any atom is -0.464 e. The maximum Gasteiger partial charge on any atom is 0.360 e. The predicted octanol–water partition coefficient (Wildman–Crippen LogP) is 6.04. The summed E-state index contributed by atoms with van der Waals surface area (Å²) in [5.41, 5.74) is 5.91. The van der Waals surface area contributed by atoms with Crippen LogP contribution in [-0.4, -0.2) is 57.2 Å². The van der Waals surface area contributed by atoms with E-state index >= 15 is 0 Å². The van der Waals surface area contributed by atoms with Crippen LogP contribution in [0.15, 0.2) is 60.7 Å². The van der Waals surface area contributed by atoms with Crippen molar-refractivity contribution in [1.29, 1.82) is 0 Å². The molecule has 0 saturated carbocycles. The van der Waals surface area contributed by atoms with E-state index in [1.165, 1.54) is 14.2 Å². The summed E-state index contributed by atoms with van der Waals surface area (Å²) in [5.74, 6) is -2.19. The normalized spacial score (nSPS) is 9.74. The van der Waals surface area contributed by atoms with Gasteiger partial charge >= 0.3 is 11.9 Å². The van der Waals surface area contributed by atoms with E-state index in [2.05, 4.69) is 34.7 Å². The average Bonchev–Trinajstić information content (AvgIpc) is 3.01. The Balaban J connectivity index is 0.000000249. The summed E-state index contributed by atoms with van der Waals surface area (Å²) in [5, 5.41) is 1.62. The number of esters is 2.